The van der Waals surface area contributed by atoms with Crippen LogP contribution in [0.25, 0.3) is 0 Å². The van der Waals surface area contributed by atoms with Gasteiger partial charge in [0.1, 0.15) is 0 Å². The van der Waals surface area contributed by atoms with E-state index in [1.165, 1.54) is 11.1 Å². The third-order valence-electron chi connectivity index (χ3n) is 5.01. The maximum absolute atomic E-state index is 12.8. The highest BCUT2D eigenvalue weighted by Crippen LogP contribution is 2.39. The first kappa shape index (κ1) is 16.7. The SMILES string of the molecule is C=CCNC(=O)[C@H]1CC[C@@H](c2cccc(C)c2)N(C(=O)C2CC2)C1. The van der Waals surface area contributed by atoms with Crippen LogP contribution in [0.2, 0.25) is 0 Å². The van der Waals surface area contributed by atoms with E-state index in [0.717, 1.165) is 25.7 Å². The second-order valence-corrected chi connectivity index (χ2v) is 7.00. The van der Waals surface area contributed by atoms with Crippen molar-refractivity contribution in [2.45, 2.75) is 38.6 Å². The fraction of sp³-hybridized carbons (Fsp3) is 0.500. The molecule has 1 saturated carbocycles. The molecule has 4 heteroatoms. The van der Waals surface area contributed by atoms with Gasteiger partial charge in [-0.05, 0) is 38.2 Å². The van der Waals surface area contributed by atoms with Gasteiger partial charge >= 0.3 is 0 Å². The lowest BCUT2D eigenvalue weighted by atomic mass is 9.87. The van der Waals surface area contributed by atoms with Crippen LogP contribution < -0.4 is 5.32 Å². The van der Waals surface area contributed by atoms with Crippen molar-refractivity contribution in [3.8, 4) is 0 Å². The molecule has 1 N–H and O–H groups in total. The summed E-state index contributed by atoms with van der Waals surface area (Å²) in [6.45, 7) is 6.71. The zero-order chi connectivity index (χ0) is 17.1. The average Bonchev–Trinajstić information content (AvgIpc) is 3.43. The molecule has 128 valence electrons. The molecule has 2 fully saturated rings. The number of likely N-dealkylation sites (tertiary alicyclic amines) is 1. The van der Waals surface area contributed by atoms with Crippen LogP contribution in [-0.4, -0.2) is 29.8 Å². The number of carbonyl (C=O) groups is 2. The Balaban J connectivity index is 1.78. The van der Waals surface area contributed by atoms with Gasteiger partial charge in [0.15, 0.2) is 0 Å². The summed E-state index contributed by atoms with van der Waals surface area (Å²) in [4.78, 5) is 27.1. The smallest absolute Gasteiger partial charge is 0.226 e. The van der Waals surface area contributed by atoms with Crippen molar-refractivity contribution in [1.29, 1.82) is 0 Å². The zero-order valence-electron chi connectivity index (χ0n) is 14.3. The first-order valence-corrected chi connectivity index (χ1v) is 8.85. The Bertz CT molecular complexity index is 636. The van der Waals surface area contributed by atoms with Crippen molar-refractivity contribution in [1.82, 2.24) is 10.2 Å². The summed E-state index contributed by atoms with van der Waals surface area (Å²) >= 11 is 0. The van der Waals surface area contributed by atoms with Crippen LogP contribution in [0.5, 0.6) is 0 Å². The lowest BCUT2D eigenvalue weighted by Crippen LogP contribution is -2.47. The van der Waals surface area contributed by atoms with Gasteiger partial charge in [-0.15, -0.1) is 6.58 Å². The van der Waals surface area contributed by atoms with E-state index in [9.17, 15) is 9.59 Å². The Morgan fingerprint density at radius 1 is 1.25 bits per heavy atom. The van der Waals surface area contributed by atoms with Gasteiger partial charge < -0.3 is 10.2 Å². The number of nitrogens with one attached hydrogen (secondary N) is 1. The van der Waals surface area contributed by atoms with Crippen LogP contribution in [0, 0.1) is 18.8 Å². The summed E-state index contributed by atoms with van der Waals surface area (Å²) in [5.41, 5.74) is 2.39. The third-order valence-corrected chi connectivity index (χ3v) is 5.01. The van der Waals surface area contributed by atoms with Gasteiger partial charge in [-0.25, -0.2) is 0 Å². The number of rotatable bonds is 5. The van der Waals surface area contributed by atoms with E-state index in [2.05, 4.69) is 37.0 Å². The normalized spacial score (nSPS) is 23.6. The molecule has 1 heterocycles. The minimum atomic E-state index is -0.117. The van der Waals surface area contributed by atoms with Gasteiger partial charge in [-0.1, -0.05) is 35.9 Å². The monoisotopic (exact) mass is 326 g/mol. The minimum Gasteiger partial charge on any atom is -0.352 e. The Hall–Kier alpha value is -2.10. The molecule has 1 aliphatic heterocycles. The molecule has 2 aliphatic rings. The lowest BCUT2D eigenvalue weighted by molar-refractivity contribution is -0.140. The molecule has 1 aromatic rings. The highest BCUT2D eigenvalue weighted by molar-refractivity contribution is 5.84. The van der Waals surface area contributed by atoms with Crippen LogP contribution >= 0.6 is 0 Å². The van der Waals surface area contributed by atoms with Crippen molar-refractivity contribution in [2.24, 2.45) is 11.8 Å². The number of aryl methyl sites for hydroxylation is 1. The molecule has 24 heavy (non-hydrogen) atoms. The van der Waals surface area contributed by atoms with Crippen LogP contribution in [0.4, 0.5) is 0 Å². The fourth-order valence-corrected chi connectivity index (χ4v) is 3.53. The first-order chi connectivity index (χ1) is 11.6. The van der Waals surface area contributed by atoms with Crippen LogP contribution in [0.3, 0.4) is 0 Å². The quantitative estimate of drug-likeness (QED) is 0.846. The van der Waals surface area contributed by atoms with E-state index in [4.69, 9.17) is 0 Å². The minimum absolute atomic E-state index is 0.0335. The van der Waals surface area contributed by atoms with E-state index in [1.54, 1.807) is 6.08 Å². The second-order valence-electron chi connectivity index (χ2n) is 7.00. The van der Waals surface area contributed by atoms with Gasteiger partial charge in [0.25, 0.3) is 0 Å². The van der Waals surface area contributed by atoms with Crippen LogP contribution in [-0.2, 0) is 9.59 Å². The first-order valence-electron chi connectivity index (χ1n) is 8.85. The summed E-state index contributed by atoms with van der Waals surface area (Å²) in [6.07, 6.45) is 5.32. The maximum atomic E-state index is 12.8. The average molecular weight is 326 g/mol. The summed E-state index contributed by atoms with van der Waals surface area (Å²) in [7, 11) is 0. The highest BCUT2D eigenvalue weighted by Gasteiger charge is 2.41. The predicted molar refractivity (Wildman–Crippen MR) is 94.3 cm³/mol. The molecule has 0 radical (unpaired) electrons. The van der Waals surface area contributed by atoms with E-state index in [0.29, 0.717) is 13.1 Å². The molecule has 2 amide bonds. The summed E-state index contributed by atoms with van der Waals surface area (Å²) in [6, 6.07) is 8.48. The van der Waals surface area contributed by atoms with Crippen molar-refractivity contribution < 1.29 is 9.59 Å². The van der Waals surface area contributed by atoms with Crippen LogP contribution in [0.1, 0.15) is 42.9 Å². The van der Waals surface area contributed by atoms with Gasteiger partial charge in [-0.2, -0.15) is 0 Å². The zero-order valence-corrected chi connectivity index (χ0v) is 14.3. The Morgan fingerprint density at radius 2 is 2.00 bits per heavy atom. The molecule has 0 bridgehead atoms. The standard InChI is InChI=1S/C20H26N2O2/c1-3-11-21-19(23)17-9-10-18(16-6-4-5-14(2)12-16)22(13-17)20(24)15-7-8-15/h3-6,12,15,17-18H,1,7-11,13H2,2H3,(H,21,23)/t17-,18-/m0/s1. The number of piperidine rings is 1. The Kier molecular flexibility index (Phi) is 5.03. The van der Waals surface area contributed by atoms with Gasteiger partial charge in [0, 0.05) is 19.0 Å². The predicted octanol–water partition coefficient (Wildman–Crippen LogP) is 2.99. The molecule has 1 aromatic carbocycles. The van der Waals surface area contributed by atoms with E-state index >= 15 is 0 Å². The molecular formula is C20H26N2O2. The molecule has 0 spiro atoms. The number of amides is 2. The number of nitrogens with zero attached hydrogens (tertiary/aromatic N) is 1. The lowest BCUT2D eigenvalue weighted by Gasteiger charge is -2.40. The van der Waals surface area contributed by atoms with Gasteiger partial charge in [-0.3, -0.25) is 9.59 Å². The molecule has 1 aliphatic carbocycles. The molecule has 0 unspecified atom stereocenters. The molecule has 1 saturated heterocycles. The highest BCUT2D eigenvalue weighted by atomic mass is 16.2. The largest absolute Gasteiger partial charge is 0.352 e. The summed E-state index contributed by atoms with van der Waals surface area (Å²) in [5.74, 6) is 0.315. The van der Waals surface area contributed by atoms with Gasteiger partial charge in [0.05, 0.1) is 12.0 Å². The van der Waals surface area contributed by atoms with Gasteiger partial charge in [0.2, 0.25) is 11.8 Å². The molecule has 4 nitrogen and oxygen atoms in total. The Morgan fingerprint density at radius 3 is 2.67 bits per heavy atom. The number of carbonyl (C=O) groups excluding carboxylic acids is 2. The van der Waals surface area contributed by atoms with Crippen molar-refractivity contribution in [3.63, 3.8) is 0 Å². The number of hydrogen-bond donors (Lipinski definition) is 1. The van der Waals surface area contributed by atoms with Crippen molar-refractivity contribution >= 4 is 11.8 Å². The van der Waals surface area contributed by atoms with Crippen LogP contribution in [0.15, 0.2) is 36.9 Å². The topological polar surface area (TPSA) is 49.4 Å². The van der Waals surface area contributed by atoms with E-state index in [1.807, 2.05) is 11.0 Å². The third kappa shape index (κ3) is 3.69. The fourth-order valence-electron chi connectivity index (χ4n) is 3.53. The number of hydrogen-bond acceptors (Lipinski definition) is 2. The summed E-state index contributed by atoms with van der Waals surface area (Å²) < 4.78 is 0. The molecule has 2 atom stereocenters. The number of benzene rings is 1. The molecular weight excluding hydrogens is 300 g/mol. The van der Waals surface area contributed by atoms with Crippen molar-refractivity contribution in [2.75, 3.05) is 13.1 Å². The molecule has 3 rings (SSSR count). The Labute approximate surface area is 143 Å². The summed E-state index contributed by atoms with van der Waals surface area (Å²) in [5, 5.41) is 2.88. The van der Waals surface area contributed by atoms with Crippen molar-refractivity contribution in [3.05, 3.63) is 48.0 Å². The second kappa shape index (κ2) is 7.20. The van der Waals surface area contributed by atoms with E-state index < -0.39 is 0 Å². The van der Waals surface area contributed by atoms with E-state index in [-0.39, 0.29) is 29.7 Å². The maximum Gasteiger partial charge on any atom is 0.226 e. The molecule has 0 aromatic heterocycles.